The van der Waals surface area contributed by atoms with E-state index in [1.165, 1.54) is 17.0 Å². The number of hydrogen-bond acceptors (Lipinski definition) is 3. The first-order valence-electron chi connectivity index (χ1n) is 7.29. The van der Waals surface area contributed by atoms with Crippen molar-refractivity contribution in [3.05, 3.63) is 59.9 Å². The van der Waals surface area contributed by atoms with Gasteiger partial charge in [-0.1, -0.05) is 12.1 Å². The lowest BCUT2D eigenvalue weighted by molar-refractivity contribution is -0.137. The molecule has 23 heavy (non-hydrogen) atoms. The molecule has 2 rings (SSSR count). The smallest absolute Gasteiger partial charge is 0.263 e. The first-order chi connectivity index (χ1) is 11.0. The zero-order valence-corrected chi connectivity index (χ0v) is 14.3. The van der Waals surface area contributed by atoms with Gasteiger partial charge in [0.15, 0.2) is 6.10 Å². The normalized spacial score (nSPS) is 11.8. The summed E-state index contributed by atoms with van der Waals surface area (Å²) >= 11 is 1.65. The predicted molar refractivity (Wildman–Crippen MR) is 91.2 cm³/mol. The zero-order chi connectivity index (χ0) is 16.8. The highest BCUT2D eigenvalue weighted by Gasteiger charge is 2.19. The number of hydrogen-bond donors (Lipinski definition) is 0. The van der Waals surface area contributed by atoms with E-state index < -0.39 is 6.10 Å². The quantitative estimate of drug-likeness (QED) is 0.749. The highest BCUT2D eigenvalue weighted by molar-refractivity contribution is 7.98. The van der Waals surface area contributed by atoms with Crippen molar-refractivity contribution in [2.45, 2.75) is 24.5 Å². The molecule has 0 N–H and O–H groups in total. The number of carbonyl (C=O) groups is 1. The van der Waals surface area contributed by atoms with Crippen LogP contribution in [-0.2, 0) is 11.3 Å². The molecule has 0 aliphatic carbocycles. The molecule has 0 saturated heterocycles. The van der Waals surface area contributed by atoms with Crippen LogP contribution in [0.15, 0.2) is 53.4 Å². The number of likely N-dealkylation sites (N-methyl/N-ethyl adjacent to an activating group) is 1. The first kappa shape index (κ1) is 17.3. The number of ether oxygens (including phenoxy) is 1. The van der Waals surface area contributed by atoms with Crippen molar-refractivity contribution in [1.29, 1.82) is 0 Å². The summed E-state index contributed by atoms with van der Waals surface area (Å²) in [4.78, 5) is 15.0. The zero-order valence-electron chi connectivity index (χ0n) is 13.5. The van der Waals surface area contributed by atoms with E-state index in [0.717, 1.165) is 10.5 Å². The fourth-order valence-electron chi connectivity index (χ4n) is 2.21. The van der Waals surface area contributed by atoms with Gasteiger partial charge in [0.25, 0.3) is 5.91 Å². The highest BCUT2D eigenvalue weighted by atomic mass is 32.2. The maximum atomic E-state index is 13.2. The van der Waals surface area contributed by atoms with Crippen LogP contribution in [0, 0.1) is 5.82 Å². The molecule has 5 heteroatoms. The molecule has 0 aliphatic heterocycles. The number of amides is 1. The molecule has 0 fully saturated rings. The molecule has 0 saturated carbocycles. The van der Waals surface area contributed by atoms with Crippen LogP contribution in [0.1, 0.15) is 12.5 Å². The van der Waals surface area contributed by atoms with E-state index in [1.54, 1.807) is 37.9 Å². The van der Waals surface area contributed by atoms with Crippen molar-refractivity contribution < 1.29 is 13.9 Å². The molecule has 0 spiro atoms. The molecule has 1 amide bonds. The standard InChI is InChI=1S/C18H20FNO2S/c1-13(22-16-7-9-17(23-3)10-8-16)18(21)20(2)12-14-5-4-6-15(19)11-14/h4-11,13H,12H2,1-3H3. The summed E-state index contributed by atoms with van der Waals surface area (Å²) < 4.78 is 18.9. The Kier molecular flexibility index (Phi) is 6.04. The van der Waals surface area contributed by atoms with Crippen LogP contribution in [0.25, 0.3) is 0 Å². The highest BCUT2D eigenvalue weighted by Crippen LogP contribution is 2.20. The first-order valence-corrected chi connectivity index (χ1v) is 8.52. The molecular weight excluding hydrogens is 313 g/mol. The molecule has 1 atom stereocenters. The lowest BCUT2D eigenvalue weighted by atomic mass is 10.2. The lowest BCUT2D eigenvalue weighted by Gasteiger charge is -2.22. The molecule has 2 aromatic rings. The van der Waals surface area contributed by atoms with Crippen LogP contribution in [-0.4, -0.2) is 30.2 Å². The van der Waals surface area contributed by atoms with Crippen molar-refractivity contribution in [1.82, 2.24) is 4.90 Å². The van der Waals surface area contributed by atoms with Crippen LogP contribution in [0.4, 0.5) is 4.39 Å². The monoisotopic (exact) mass is 333 g/mol. The van der Waals surface area contributed by atoms with Gasteiger partial charge in [0, 0.05) is 18.5 Å². The van der Waals surface area contributed by atoms with Gasteiger partial charge in [0.05, 0.1) is 0 Å². The summed E-state index contributed by atoms with van der Waals surface area (Å²) in [5.74, 6) is 0.201. The van der Waals surface area contributed by atoms with Crippen molar-refractivity contribution >= 4 is 17.7 Å². The SMILES string of the molecule is CSc1ccc(OC(C)C(=O)N(C)Cc2cccc(F)c2)cc1. The van der Waals surface area contributed by atoms with Gasteiger partial charge in [-0.25, -0.2) is 4.39 Å². The molecule has 1 unspecified atom stereocenters. The molecular formula is C18H20FNO2S. The summed E-state index contributed by atoms with van der Waals surface area (Å²) in [6, 6.07) is 13.8. The van der Waals surface area contributed by atoms with Gasteiger partial charge in [0.1, 0.15) is 11.6 Å². The second kappa shape index (κ2) is 8.02. The maximum Gasteiger partial charge on any atom is 0.263 e. The summed E-state index contributed by atoms with van der Waals surface area (Å²) in [6.07, 6.45) is 1.40. The minimum absolute atomic E-state index is 0.150. The fraction of sp³-hybridized carbons (Fsp3) is 0.278. The number of benzene rings is 2. The van der Waals surface area contributed by atoms with E-state index >= 15 is 0 Å². The number of thioether (sulfide) groups is 1. The van der Waals surface area contributed by atoms with Gasteiger partial charge in [0.2, 0.25) is 0 Å². The van der Waals surface area contributed by atoms with Gasteiger partial charge in [-0.15, -0.1) is 11.8 Å². The Morgan fingerprint density at radius 2 is 1.96 bits per heavy atom. The minimum Gasteiger partial charge on any atom is -0.481 e. The third kappa shape index (κ3) is 4.99. The average molecular weight is 333 g/mol. The topological polar surface area (TPSA) is 29.5 Å². The summed E-state index contributed by atoms with van der Waals surface area (Å²) in [6.45, 7) is 2.06. The third-order valence-corrected chi connectivity index (χ3v) is 4.15. The molecule has 122 valence electrons. The molecule has 0 heterocycles. The van der Waals surface area contributed by atoms with Gasteiger partial charge in [-0.3, -0.25) is 4.79 Å². The molecule has 0 aromatic heterocycles. The number of halogens is 1. The van der Waals surface area contributed by atoms with Gasteiger partial charge in [-0.2, -0.15) is 0 Å². The predicted octanol–water partition coefficient (Wildman–Crippen LogP) is 3.97. The van der Waals surface area contributed by atoms with Crippen molar-refractivity contribution in [2.75, 3.05) is 13.3 Å². The van der Waals surface area contributed by atoms with Gasteiger partial charge >= 0.3 is 0 Å². The van der Waals surface area contributed by atoms with Crippen LogP contribution in [0.2, 0.25) is 0 Å². The second-order valence-corrected chi connectivity index (χ2v) is 6.14. The Bertz CT molecular complexity index is 660. The van der Waals surface area contributed by atoms with E-state index in [4.69, 9.17) is 4.74 Å². The Balaban J connectivity index is 1.95. The Hall–Kier alpha value is -2.01. The van der Waals surface area contributed by atoms with Crippen LogP contribution in [0.5, 0.6) is 5.75 Å². The fourth-order valence-corrected chi connectivity index (χ4v) is 2.61. The van der Waals surface area contributed by atoms with Gasteiger partial charge in [-0.05, 0) is 55.1 Å². The Morgan fingerprint density at radius 3 is 2.57 bits per heavy atom. The summed E-state index contributed by atoms with van der Waals surface area (Å²) in [5.41, 5.74) is 0.748. The van der Waals surface area contributed by atoms with Crippen LogP contribution >= 0.6 is 11.8 Å². The van der Waals surface area contributed by atoms with Crippen LogP contribution in [0.3, 0.4) is 0 Å². The van der Waals surface area contributed by atoms with E-state index in [1.807, 2.05) is 30.5 Å². The number of carbonyl (C=O) groups excluding carboxylic acids is 1. The van der Waals surface area contributed by atoms with E-state index in [0.29, 0.717) is 12.3 Å². The van der Waals surface area contributed by atoms with Crippen molar-refractivity contribution in [3.63, 3.8) is 0 Å². The van der Waals surface area contributed by atoms with Crippen molar-refractivity contribution in [2.24, 2.45) is 0 Å². The molecule has 0 aliphatic rings. The Labute approximate surface area is 140 Å². The van der Waals surface area contributed by atoms with Gasteiger partial charge < -0.3 is 9.64 Å². The van der Waals surface area contributed by atoms with E-state index in [-0.39, 0.29) is 11.7 Å². The lowest BCUT2D eigenvalue weighted by Crippen LogP contribution is -2.37. The largest absolute Gasteiger partial charge is 0.481 e. The summed E-state index contributed by atoms with van der Waals surface area (Å²) in [5, 5.41) is 0. The van der Waals surface area contributed by atoms with E-state index in [9.17, 15) is 9.18 Å². The molecule has 0 bridgehead atoms. The number of nitrogens with zero attached hydrogens (tertiary/aromatic N) is 1. The molecule has 0 radical (unpaired) electrons. The van der Waals surface area contributed by atoms with Crippen molar-refractivity contribution in [3.8, 4) is 5.75 Å². The second-order valence-electron chi connectivity index (χ2n) is 5.26. The minimum atomic E-state index is -0.603. The third-order valence-electron chi connectivity index (χ3n) is 3.41. The average Bonchev–Trinajstić information content (AvgIpc) is 2.54. The molecule has 3 nitrogen and oxygen atoms in total. The number of rotatable bonds is 6. The maximum absolute atomic E-state index is 13.2. The van der Waals surface area contributed by atoms with E-state index in [2.05, 4.69) is 0 Å². The van der Waals surface area contributed by atoms with Crippen LogP contribution < -0.4 is 4.74 Å². The molecule has 2 aromatic carbocycles. The Morgan fingerprint density at radius 1 is 1.26 bits per heavy atom. The summed E-state index contributed by atoms with van der Waals surface area (Å²) in [7, 11) is 1.68.